The maximum atomic E-state index is 13.4. The number of ether oxygens (including phenoxy) is 1. The maximum Gasteiger partial charge on any atom is 0.408 e. The molecule has 4 heterocycles. The van der Waals surface area contributed by atoms with E-state index in [9.17, 15) is 27.6 Å². The number of methoxy groups -OCH3 is 1. The van der Waals surface area contributed by atoms with E-state index in [2.05, 4.69) is 15.5 Å². The lowest BCUT2D eigenvalue weighted by Gasteiger charge is -2.26. The fraction of sp³-hybridized carbons (Fsp3) is 0.571. The first kappa shape index (κ1) is 29.5. The molecule has 1 saturated heterocycles. The Bertz CT molecular complexity index is 1460. The lowest BCUT2D eigenvalue weighted by atomic mass is 9.79. The van der Waals surface area contributed by atoms with Crippen LogP contribution in [0.25, 0.3) is 5.65 Å². The van der Waals surface area contributed by atoms with Crippen molar-refractivity contribution in [2.24, 2.45) is 11.3 Å². The first-order valence-electron chi connectivity index (χ1n) is 14.2. The summed E-state index contributed by atoms with van der Waals surface area (Å²) in [7, 11) is 1.04. The number of aryl methyl sites for hydroxylation is 1. The van der Waals surface area contributed by atoms with Crippen LogP contribution in [0, 0.1) is 11.3 Å². The van der Waals surface area contributed by atoms with Gasteiger partial charge in [0.15, 0.2) is 11.1 Å². The van der Waals surface area contributed by atoms with E-state index in [-0.39, 0.29) is 18.2 Å². The molecule has 42 heavy (non-hydrogen) atoms. The highest BCUT2D eigenvalue weighted by Gasteiger charge is 2.60. The van der Waals surface area contributed by atoms with Gasteiger partial charge in [0.2, 0.25) is 5.91 Å². The van der Waals surface area contributed by atoms with Crippen LogP contribution in [0.3, 0.4) is 0 Å². The summed E-state index contributed by atoms with van der Waals surface area (Å²) in [5.74, 6) is -2.20. The van der Waals surface area contributed by atoms with Gasteiger partial charge in [0.1, 0.15) is 11.7 Å². The first-order valence-corrected chi connectivity index (χ1v) is 14.2. The molecule has 1 saturated carbocycles. The predicted octanol–water partition coefficient (Wildman–Crippen LogP) is 3.54. The van der Waals surface area contributed by atoms with Gasteiger partial charge in [-0.2, -0.15) is 23.4 Å². The van der Waals surface area contributed by atoms with E-state index in [4.69, 9.17) is 9.72 Å². The molecule has 3 aromatic rings. The molecule has 11 nitrogen and oxygen atoms in total. The Morgan fingerprint density at radius 1 is 1.21 bits per heavy atom. The number of imidazole rings is 1. The summed E-state index contributed by atoms with van der Waals surface area (Å²) in [6, 6.07) is 0.690. The summed E-state index contributed by atoms with van der Waals surface area (Å²) in [5, 5.41) is 13.7. The Labute approximate surface area is 240 Å². The second kappa shape index (κ2) is 11.7. The number of hydrogen-bond donors (Lipinski definition) is 2. The van der Waals surface area contributed by atoms with E-state index < -0.39 is 42.0 Å². The van der Waals surface area contributed by atoms with Gasteiger partial charge in [0.25, 0.3) is 5.91 Å². The van der Waals surface area contributed by atoms with Gasteiger partial charge >= 0.3 is 12.1 Å². The van der Waals surface area contributed by atoms with E-state index in [0.29, 0.717) is 29.1 Å². The van der Waals surface area contributed by atoms with Crippen LogP contribution >= 0.6 is 0 Å². The summed E-state index contributed by atoms with van der Waals surface area (Å²) in [6.07, 6.45) is 5.04. The SMILES string of the molecule is CCn1nccc1C(=O)N[C@H](c1cn2ncc(CC3(C(=O)OC)C[C@@H](C(F)(F)F)NC3=O)cc2n1)C1CCCCCC1. The largest absolute Gasteiger partial charge is 0.468 e. The third-order valence-electron chi connectivity index (χ3n) is 8.39. The van der Waals surface area contributed by atoms with Crippen LogP contribution in [0.2, 0.25) is 0 Å². The van der Waals surface area contributed by atoms with Crippen LogP contribution in [0.15, 0.2) is 30.7 Å². The Hall–Kier alpha value is -3.97. The molecule has 226 valence electrons. The number of aromatic nitrogens is 5. The number of carbonyl (C=O) groups is 3. The molecule has 2 N–H and O–H groups in total. The molecule has 2 aliphatic rings. The summed E-state index contributed by atoms with van der Waals surface area (Å²) in [5.41, 5.74) is -0.283. The lowest BCUT2D eigenvalue weighted by molar-refractivity contribution is -0.159. The molecule has 2 fully saturated rings. The summed E-state index contributed by atoms with van der Waals surface area (Å²) >= 11 is 0. The smallest absolute Gasteiger partial charge is 0.408 e. The number of nitrogens with zero attached hydrogens (tertiary/aromatic N) is 5. The molecule has 14 heteroatoms. The zero-order valence-corrected chi connectivity index (χ0v) is 23.5. The number of carbonyl (C=O) groups excluding carboxylic acids is 3. The average Bonchev–Trinajstić information content (AvgIpc) is 3.63. The Morgan fingerprint density at radius 2 is 1.95 bits per heavy atom. The van der Waals surface area contributed by atoms with Crippen LogP contribution in [-0.4, -0.2) is 61.5 Å². The van der Waals surface area contributed by atoms with E-state index in [0.717, 1.165) is 45.6 Å². The Kier molecular flexibility index (Phi) is 8.24. The van der Waals surface area contributed by atoms with Gasteiger partial charge in [-0.15, -0.1) is 0 Å². The van der Waals surface area contributed by atoms with Gasteiger partial charge in [-0.3, -0.25) is 19.1 Å². The van der Waals surface area contributed by atoms with Gasteiger partial charge < -0.3 is 15.4 Å². The molecule has 0 radical (unpaired) electrons. The number of halogens is 3. The van der Waals surface area contributed by atoms with Crippen LogP contribution in [0.5, 0.6) is 0 Å². The van der Waals surface area contributed by atoms with Gasteiger partial charge in [-0.25, -0.2) is 9.50 Å². The zero-order valence-electron chi connectivity index (χ0n) is 23.5. The fourth-order valence-corrected chi connectivity index (χ4v) is 6.18. The number of amides is 2. The molecule has 0 spiro atoms. The van der Waals surface area contributed by atoms with Crippen LogP contribution < -0.4 is 10.6 Å². The molecular formula is C28H34F3N7O4. The van der Waals surface area contributed by atoms with Crippen molar-refractivity contribution in [2.75, 3.05) is 7.11 Å². The number of nitrogens with one attached hydrogen (secondary N) is 2. The Balaban J connectivity index is 1.46. The average molecular weight is 590 g/mol. The van der Waals surface area contributed by atoms with Crippen molar-refractivity contribution >= 4 is 23.4 Å². The number of esters is 1. The third kappa shape index (κ3) is 5.71. The van der Waals surface area contributed by atoms with E-state index in [1.54, 1.807) is 29.2 Å². The van der Waals surface area contributed by atoms with E-state index in [1.807, 2.05) is 12.2 Å². The minimum absolute atomic E-state index is 0.142. The van der Waals surface area contributed by atoms with E-state index in [1.165, 1.54) is 10.7 Å². The quantitative estimate of drug-likeness (QED) is 0.233. The molecule has 1 aliphatic heterocycles. The Morgan fingerprint density at radius 3 is 2.60 bits per heavy atom. The molecule has 2 amide bonds. The summed E-state index contributed by atoms with van der Waals surface area (Å²) < 4.78 is 48.2. The first-order chi connectivity index (χ1) is 20.1. The summed E-state index contributed by atoms with van der Waals surface area (Å²) in [6.45, 7) is 2.44. The maximum absolute atomic E-state index is 13.4. The highest BCUT2D eigenvalue weighted by Crippen LogP contribution is 2.41. The number of alkyl halides is 3. The molecule has 3 aromatic heterocycles. The predicted molar refractivity (Wildman–Crippen MR) is 143 cm³/mol. The van der Waals surface area contributed by atoms with Gasteiger partial charge in [0.05, 0.1) is 31.2 Å². The number of fused-ring (bicyclic) bond motifs is 1. The van der Waals surface area contributed by atoms with Crippen molar-refractivity contribution in [2.45, 2.75) is 83.1 Å². The highest BCUT2D eigenvalue weighted by molar-refractivity contribution is 6.04. The summed E-state index contributed by atoms with van der Waals surface area (Å²) in [4.78, 5) is 43.5. The van der Waals surface area contributed by atoms with E-state index >= 15 is 0 Å². The fourth-order valence-electron chi connectivity index (χ4n) is 6.18. The minimum atomic E-state index is -4.71. The van der Waals surface area contributed by atoms with Crippen molar-refractivity contribution in [3.8, 4) is 0 Å². The van der Waals surface area contributed by atoms with Crippen LogP contribution in [0.1, 0.15) is 79.7 Å². The minimum Gasteiger partial charge on any atom is -0.468 e. The molecular weight excluding hydrogens is 555 g/mol. The van der Waals surface area contributed by atoms with Crippen molar-refractivity contribution in [3.05, 3.63) is 47.7 Å². The second-order valence-electron chi connectivity index (χ2n) is 11.1. The monoisotopic (exact) mass is 589 g/mol. The molecule has 3 atom stereocenters. The second-order valence-corrected chi connectivity index (χ2v) is 11.1. The van der Waals surface area contributed by atoms with Crippen molar-refractivity contribution in [1.82, 2.24) is 35.0 Å². The standard InChI is InChI=1S/C28H34F3N7O4/c1-3-37-20(10-11-32-37)24(39)36-23(18-8-6-4-5-7-9-18)19-16-38-22(34-19)12-17(15-33-38)13-27(26(41)42-2)14-21(28(29,30)31)35-25(27)40/h10-12,15-16,18,21,23H,3-9,13-14H2,1-2H3,(H,35,40)(H,36,39)/t21-,23-,27?/m0/s1. The molecule has 0 aromatic carbocycles. The molecule has 0 bridgehead atoms. The zero-order chi connectivity index (χ0) is 30.1. The molecule has 1 aliphatic carbocycles. The van der Waals surface area contributed by atoms with Crippen molar-refractivity contribution in [1.29, 1.82) is 0 Å². The lowest BCUT2D eigenvalue weighted by Crippen LogP contribution is -2.42. The molecule has 5 rings (SSSR count). The third-order valence-corrected chi connectivity index (χ3v) is 8.39. The number of hydrogen-bond acceptors (Lipinski definition) is 7. The van der Waals surface area contributed by atoms with Gasteiger partial charge in [-0.1, -0.05) is 25.7 Å². The topological polar surface area (TPSA) is 133 Å². The van der Waals surface area contributed by atoms with Crippen LogP contribution in [0.4, 0.5) is 13.2 Å². The highest BCUT2D eigenvalue weighted by atomic mass is 19.4. The van der Waals surface area contributed by atoms with Gasteiger partial charge in [-0.05, 0) is 49.8 Å². The van der Waals surface area contributed by atoms with Gasteiger partial charge in [0, 0.05) is 19.2 Å². The van der Waals surface area contributed by atoms with Crippen molar-refractivity contribution in [3.63, 3.8) is 0 Å². The number of rotatable bonds is 8. The van der Waals surface area contributed by atoms with Crippen LogP contribution in [-0.2, 0) is 27.3 Å². The normalized spacial score (nSPS) is 22.5. The molecule has 1 unspecified atom stereocenters. The van der Waals surface area contributed by atoms with Crippen molar-refractivity contribution < 1.29 is 32.3 Å².